The van der Waals surface area contributed by atoms with Crippen molar-refractivity contribution in [3.8, 4) is 0 Å². The Balaban J connectivity index is -0.0000000542. The second-order valence-corrected chi connectivity index (χ2v) is 2.75. The van der Waals surface area contributed by atoms with E-state index in [1.165, 1.54) is 27.7 Å². The fourth-order valence-corrected chi connectivity index (χ4v) is 0. The molecule has 0 saturated carbocycles. The van der Waals surface area contributed by atoms with Crippen molar-refractivity contribution in [1.29, 1.82) is 0 Å². The van der Waals surface area contributed by atoms with Gasteiger partial charge in [-0.1, -0.05) is 0 Å². The lowest BCUT2D eigenvalue weighted by molar-refractivity contribution is -0.115. The maximum atomic E-state index is 9.44. The molecule has 0 aromatic carbocycles. The first-order valence-corrected chi connectivity index (χ1v) is 5.10. The topological polar surface area (TPSA) is 132 Å². The number of carbonyl (C=O) groups excluding carboxylic acids is 2. The molecule has 0 bridgehead atoms. The number of rotatable bonds is 0. The summed E-state index contributed by atoms with van der Waals surface area (Å²) < 4.78 is 36.9. The highest BCUT2D eigenvalue weighted by molar-refractivity contribution is 7.87. The Kier molecular flexibility index (Phi) is 37.7. The van der Waals surface area contributed by atoms with E-state index in [-0.39, 0.29) is 23.9 Å². The number of ketones is 2. The summed E-state index contributed by atoms with van der Waals surface area (Å²) in [6.45, 7) is 6.11. The molecular weight excluding hydrogens is 248 g/mol. The summed E-state index contributed by atoms with van der Waals surface area (Å²) in [4.78, 5) is 18.9. The minimum atomic E-state index is -2.61. The summed E-state index contributed by atoms with van der Waals surface area (Å²) in [7, 11) is 0. The van der Waals surface area contributed by atoms with Gasteiger partial charge in [-0.05, 0) is 27.7 Å². The molecule has 0 aromatic rings. The molecule has 15 heavy (non-hydrogen) atoms. The van der Waals surface area contributed by atoms with Crippen LogP contribution in [-0.4, -0.2) is 34.0 Å². The van der Waals surface area contributed by atoms with E-state index >= 15 is 0 Å². The third-order valence-corrected chi connectivity index (χ3v) is 0. The summed E-state index contributed by atoms with van der Waals surface area (Å²) in [6, 6.07) is 0. The number of carbonyl (C=O) groups is 2. The van der Waals surface area contributed by atoms with E-state index in [1.807, 2.05) is 0 Å². The number of Topliss-reactive ketones (excluding diaryl/α,β-unsaturated/α-hetero) is 2. The lowest BCUT2D eigenvalue weighted by atomic mass is 10.6. The van der Waals surface area contributed by atoms with Crippen LogP contribution >= 0.6 is 12.3 Å². The number of hydrogen-bond acceptors (Lipinski definition) is 6. The van der Waals surface area contributed by atoms with Crippen LogP contribution in [0.5, 0.6) is 0 Å². The highest BCUT2D eigenvalue weighted by Gasteiger charge is 1.63. The fraction of sp³-hybridized carbons (Fsp3) is 0.667. The van der Waals surface area contributed by atoms with Crippen molar-refractivity contribution in [1.82, 2.24) is 0 Å². The SMILES string of the molecule is CC(C)=O.CC(C)=O.O=S(O)O.OSO. The Hall–Kier alpha value is -0.320. The van der Waals surface area contributed by atoms with E-state index in [1.54, 1.807) is 0 Å². The molecule has 0 heterocycles. The molecule has 0 aromatic heterocycles. The Morgan fingerprint density at radius 2 is 0.933 bits per heavy atom. The van der Waals surface area contributed by atoms with Crippen molar-refractivity contribution in [2.75, 3.05) is 0 Å². The summed E-state index contributed by atoms with van der Waals surface area (Å²) in [5.41, 5.74) is 0. The van der Waals surface area contributed by atoms with Gasteiger partial charge in [0.15, 0.2) is 12.3 Å². The van der Waals surface area contributed by atoms with Gasteiger partial charge in [0.1, 0.15) is 11.6 Å². The molecular formula is C6H16O7S2. The minimum absolute atomic E-state index is 0.167. The fourth-order valence-electron chi connectivity index (χ4n) is 0. The van der Waals surface area contributed by atoms with Gasteiger partial charge in [0.2, 0.25) is 0 Å². The number of hydrogen-bond donors (Lipinski definition) is 4. The quantitative estimate of drug-likeness (QED) is 0.382. The standard InChI is InChI=1S/2C3H6O.H2O3S.H2O2S/c2*1-3(2)4;1-4(2)3;1-3-2/h2*1-2H3;(H2,1,2,3);1-2H. The van der Waals surface area contributed by atoms with Gasteiger partial charge in [0.25, 0.3) is 11.4 Å². The normalized spacial score (nSPS) is 7.00. The monoisotopic (exact) mass is 264 g/mol. The second-order valence-electron chi connectivity index (χ2n) is 2.13. The zero-order valence-electron chi connectivity index (χ0n) is 8.83. The minimum Gasteiger partial charge on any atom is -0.307 e. The summed E-state index contributed by atoms with van der Waals surface area (Å²) >= 11 is -2.86. The van der Waals surface area contributed by atoms with Gasteiger partial charge in [-0.2, -0.15) is 4.21 Å². The lowest BCUT2D eigenvalue weighted by Crippen LogP contribution is -1.74. The van der Waals surface area contributed by atoms with Crippen LogP contribution in [-0.2, 0) is 21.0 Å². The molecule has 0 radical (unpaired) electrons. The van der Waals surface area contributed by atoms with Crippen LogP contribution in [0.25, 0.3) is 0 Å². The van der Waals surface area contributed by atoms with Gasteiger partial charge in [0, 0.05) is 0 Å². The molecule has 0 unspecified atom stereocenters. The predicted octanol–water partition coefficient (Wildman–Crippen LogP) is 1.54. The van der Waals surface area contributed by atoms with E-state index in [0.29, 0.717) is 0 Å². The van der Waals surface area contributed by atoms with E-state index in [9.17, 15) is 9.59 Å². The molecule has 0 aliphatic heterocycles. The van der Waals surface area contributed by atoms with Crippen molar-refractivity contribution in [3.05, 3.63) is 0 Å². The molecule has 0 rings (SSSR count). The molecule has 7 nitrogen and oxygen atoms in total. The Morgan fingerprint density at radius 3 is 0.933 bits per heavy atom. The molecule has 94 valence electrons. The van der Waals surface area contributed by atoms with Gasteiger partial charge in [-0.25, -0.2) is 0 Å². The Morgan fingerprint density at radius 1 is 0.933 bits per heavy atom. The molecule has 0 saturated heterocycles. The van der Waals surface area contributed by atoms with Crippen molar-refractivity contribution in [2.24, 2.45) is 0 Å². The Labute approximate surface area is 95.4 Å². The third kappa shape index (κ3) is 18200. The van der Waals surface area contributed by atoms with Crippen LogP contribution < -0.4 is 0 Å². The maximum absolute atomic E-state index is 9.44. The summed E-state index contributed by atoms with van der Waals surface area (Å²) in [5, 5.41) is 0. The Bertz CT molecular complexity index is 130. The zero-order valence-corrected chi connectivity index (χ0v) is 10.5. The van der Waals surface area contributed by atoms with Crippen molar-refractivity contribution in [3.63, 3.8) is 0 Å². The van der Waals surface area contributed by atoms with E-state index < -0.39 is 11.4 Å². The van der Waals surface area contributed by atoms with Gasteiger partial charge in [-0.15, -0.1) is 0 Å². The van der Waals surface area contributed by atoms with E-state index in [4.69, 9.17) is 22.4 Å². The van der Waals surface area contributed by atoms with Gasteiger partial charge < -0.3 is 18.7 Å². The molecule has 9 heteroatoms. The highest BCUT2D eigenvalue weighted by Crippen LogP contribution is 1.67. The van der Waals surface area contributed by atoms with Crippen LogP contribution in [0, 0.1) is 0 Å². The molecule has 0 aliphatic rings. The lowest BCUT2D eigenvalue weighted by Gasteiger charge is -1.59. The molecule has 0 fully saturated rings. The molecule has 0 spiro atoms. The van der Waals surface area contributed by atoms with Gasteiger partial charge in [0.05, 0.1) is 0 Å². The molecule has 0 amide bonds. The third-order valence-electron chi connectivity index (χ3n) is 0. The largest absolute Gasteiger partial charge is 0.307 e. The van der Waals surface area contributed by atoms with Crippen LogP contribution in [0.4, 0.5) is 0 Å². The van der Waals surface area contributed by atoms with E-state index in [0.717, 1.165) is 0 Å². The van der Waals surface area contributed by atoms with Gasteiger partial charge in [-0.3, -0.25) is 9.11 Å². The zero-order chi connectivity index (χ0) is 13.4. The van der Waals surface area contributed by atoms with Gasteiger partial charge >= 0.3 is 0 Å². The second kappa shape index (κ2) is 23.5. The van der Waals surface area contributed by atoms with E-state index in [2.05, 4.69) is 0 Å². The van der Waals surface area contributed by atoms with Crippen molar-refractivity contribution >= 4 is 35.3 Å². The highest BCUT2D eigenvalue weighted by atomic mass is 32.2. The van der Waals surface area contributed by atoms with Crippen molar-refractivity contribution in [2.45, 2.75) is 27.7 Å². The van der Waals surface area contributed by atoms with Crippen LogP contribution in [0.3, 0.4) is 0 Å². The average Bonchev–Trinajstić information content (AvgIpc) is 1.81. The predicted molar refractivity (Wildman–Crippen MR) is 59.0 cm³/mol. The average molecular weight is 264 g/mol. The molecule has 0 atom stereocenters. The van der Waals surface area contributed by atoms with Crippen molar-refractivity contribution < 1.29 is 32.0 Å². The molecule has 0 aliphatic carbocycles. The first-order valence-electron chi connectivity index (χ1n) is 3.31. The van der Waals surface area contributed by atoms with Crippen LogP contribution in [0.15, 0.2) is 0 Å². The first kappa shape index (κ1) is 24.1. The first-order chi connectivity index (χ1) is 6.61. The van der Waals surface area contributed by atoms with Crippen LogP contribution in [0.2, 0.25) is 0 Å². The summed E-state index contributed by atoms with van der Waals surface area (Å²) in [6.07, 6.45) is 0. The smallest absolute Gasteiger partial charge is 0.299 e. The van der Waals surface area contributed by atoms with Crippen LogP contribution in [0.1, 0.15) is 27.7 Å². The molecule has 4 N–H and O–H groups in total. The maximum Gasteiger partial charge on any atom is 0.299 e. The summed E-state index contributed by atoms with van der Waals surface area (Å²) in [5.74, 6) is 0.333.